The highest BCUT2D eigenvalue weighted by Crippen LogP contribution is 2.37. The minimum absolute atomic E-state index is 0.0204. The summed E-state index contributed by atoms with van der Waals surface area (Å²) < 4.78 is 10.7. The predicted octanol–water partition coefficient (Wildman–Crippen LogP) is 1.44. The van der Waals surface area contributed by atoms with E-state index in [1.807, 2.05) is 36.1 Å². The van der Waals surface area contributed by atoms with Gasteiger partial charge in [-0.3, -0.25) is 14.5 Å². The van der Waals surface area contributed by atoms with Crippen molar-refractivity contribution in [2.45, 2.75) is 25.8 Å². The highest BCUT2D eigenvalue weighted by Gasteiger charge is 2.39. The van der Waals surface area contributed by atoms with Crippen molar-refractivity contribution in [2.24, 2.45) is 5.92 Å². The van der Waals surface area contributed by atoms with Crippen LogP contribution in [0.1, 0.15) is 31.4 Å². The van der Waals surface area contributed by atoms with Crippen molar-refractivity contribution in [1.29, 1.82) is 0 Å². The van der Waals surface area contributed by atoms with Gasteiger partial charge in [0.25, 0.3) is 0 Å². The summed E-state index contributed by atoms with van der Waals surface area (Å²) in [5.41, 5.74) is 0.947. The number of rotatable bonds is 7. The molecule has 2 saturated heterocycles. The summed E-state index contributed by atoms with van der Waals surface area (Å²) in [4.78, 5) is 29.6. The first-order valence-corrected chi connectivity index (χ1v) is 10.1. The van der Waals surface area contributed by atoms with Crippen LogP contribution in [0.3, 0.4) is 0 Å². The average Bonchev–Trinajstić information content (AvgIpc) is 2.74. The predicted molar refractivity (Wildman–Crippen MR) is 106 cm³/mol. The quantitative estimate of drug-likeness (QED) is 0.764. The zero-order chi connectivity index (χ0) is 19.9. The third-order valence-electron chi connectivity index (χ3n) is 5.65. The maximum atomic E-state index is 13.0. The molecule has 154 valence electrons. The Kier molecular flexibility index (Phi) is 7.28. The average molecular weight is 389 g/mol. The van der Waals surface area contributed by atoms with E-state index in [0.29, 0.717) is 25.9 Å². The fraction of sp³-hybridized carbons (Fsp3) is 0.619. The Hall–Kier alpha value is -2.12. The summed E-state index contributed by atoms with van der Waals surface area (Å²) in [6.45, 7) is 7.29. The fourth-order valence-electron chi connectivity index (χ4n) is 4.13. The van der Waals surface area contributed by atoms with Crippen molar-refractivity contribution >= 4 is 11.8 Å². The maximum Gasteiger partial charge on any atom is 0.225 e. The zero-order valence-electron chi connectivity index (χ0n) is 16.9. The number of morpholine rings is 1. The number of methoxy groups -OCH3 is 1. The van der Waals surface area contributed by atoms with Crippen molar-refractivity contribution < 1.29 is 19.1 Å². The molecular weight excluding hydrogens is 358 g/mol. The van der Waals surface area contributed by atoms with Crippen LogP contribution in [0.15, 0.2) is 24.3 Å². The molecule has 0 aromatic heterocycles. The molecule has 2 aliphatic heterocycles. The van der Waals surface area contributed by atoms with E-state index in [-0.39, 0.29) is 23.8 Å². The zero-order valence-corrected chi connectivity index (χ0v) is 16.9. The molecule has 0 bridgehead atoms. The highest BCUT2D eigenvalue weighted by atomic mass is 16.5. The number of nitrogens with one attached hydrogen (secondary N) is 1. The lowest BCUT2D eigenvalue weighted by Gasteiger charge is -2.40. The lowest BCUT2D eigenvalue weighted by Crippen LogP contribution is -2.49. The van der Waals surface area contributed by atoms with Crippen molar-refractivity contribution in [3.63, 3.8) is 0 Å². The molecule has 0 radical (unpaired) electrons. The maximum absolute atomic E-state index is 13.0. The molecule has 28 heavy (non-hydrogen) atoms. The monoisotopic (exact) mass is 389 g/mol. The van der Waals surface area contributed by atoms with Crippen LogP contribution in [0.5, 0.6) is 5.75 Å². The Labute approximate surface area is 167 Å². The van der Waals surface area contributed by atoms with Crippen LogP contribution in [-0.2, 0) is 14.3 Å². The first kappa shape index (κ1) is 20.6. The number of hydrogen-bond donors (Lipinski definition) is 1. The summed E-state index contributed by atoms with van der Waals surface area (Å²) in [5, 5.41) is 3.10. The molecule has 0 saturated carbocycles. The smallest absolute Gasteiger partial charge is 0.225 e. The number of likely N-dealkylation sites (tertiary alicyclic amines) is 1. The Bertz CT molecular complexity index is 675. The minimum atomic E-state index is -0.260. The third kappa shape index (κ3) is 4.83. The van der Waals surface area contributed by atoms with E-state index < -0.39 is 0 Å². The fourth-order valence-corrected chi connectivity index (χ4v) is 4.13. The van der Waals surface area contributed by atoms with E-state index in [2.05, 4.69) is 10.2 Å². The molecule has 2 amide bonds. The largest absolute Gasteiger partial charge is 0.497 e. The molecule has 1 aromatic carbocycles. The molecule has 7 nitrogen and oxygen atoms in total. The highest BCUT2D eigenvalue weighted by molar-refractivity contribution is 5.85. The van der Waals surface area contributed by atoms with E-state index in [0.717, 1.165) is 44.2 Å². The number of hydrogen-bond acceptors (Lipinski definition) is 5. The lowest BCUT2D eigenvalue weighted by atomic mass is 9.83. The normalized spacial score (nSPS) is 23.5. The van der Waals surface area contributed by atoms with Crippen LogP contribution in [0.25, 0.3) is 0 Å². The van der Waals surface area contributed by atoms with E-state index >= 15 is 0 Å². The molecule has 1 aromatic rings. The number of carbonyl (C=O) groups is 2. The van der Waals surface area contributed by atoms with E-state index in [1.165, 1.54) is 0 Å². The van der Waals surface area contributed by atoms with Crippen LogP contribution in [0.4, 0.5) is 0 Å². The van der Waals surface area contributed by atoms with Gasteiger partial charge in [0, 0.05) is 39.1 Å². The third-order valence-corrected chi connectivity index (χ3v) is 5.65. The van der Waals surface area contributed by atoms with Crippen molar-refractivity contribution in [3.8, 4) is 5.75 Å². The van der Waals surface area contributed by atoms with Gasteiger partial charge < -0.3 is 19.7 Å². The van der Waals surface area contributed by atoms with Gasteiger partial charge in [0.15, 0.2) is 0 Å². The molecule has 2 heterocycles. The summed E-state index contributed by atoms with van der Waals surface area (Å²) >= 11 is 0. The SMILES string of the molecule is CCN1C(=O)CC[C@@H](C(=O)NCCN2CCOCC2)[C@@H]1c1cccc(OC)c1. The first-order valence-electron chi connectivity index (χ1n) is 10.1. The standard InChI is InChI=1S/C21H31N3O4/c1-3-24-19(25)8-7-18(20(24)16-5-4-6-17(15-16)27-2)21(26)22-9-10-23-11-13-28-14-12-23/h4-6,15,18,20H,3,7-14H2,1-2H3,(H,22,26)/t18-,20+/m1/s1. The van der Waals surface area contributed by atoms with Gasteiger partial charge in [-0.05, 0) is 31.0 Å². The topological polar surface area (TPSA) is 71.1 Å². The minimum Gasteiger partial charge on any atom is -0.497 e. The number of benzene rings is 1. The van der Waals surface area contributed by atoms with E-state index in [1.54, 1.807) is 7.11 Å². The van der Waals surface area contributed by atoms with Gasteiger partial charge in [-0.2, -0.15) is 0 Å². The van der Waals surface area contributed by atoms with Crippen molar-refractivity contribution in [2.75, 3.05) is 53.0 Å². The molecule has 7 heteroatoms. The molecule has 1 N–H and O–H groups in total. The van der Waals surface area contributed by atoms with Gasteiger partial charge in [0.1, 0.15) is 5.75 Å². The second-order valence-electron chi connectivity index (χ2n) is 7.29. The van der Waals surface area contributed by atoms with Crippen molar-refractivity contribution in [1.82, 2.24) is 15.1 Å². The molecule has 0 unspecified atom stereocenters. The number of nitrogens with zero attached hydrogens (tertiary/aromatic N) is 2. The van der Waals surface area contributed by atoms with Gasteiger partial charge in [-0.25, -0.2) is 0 Å². The Morgan fingerprint density at radius 3 is 2.82 bits per heavy atom. The molecule has 0 aliphatic carbocycles. The lowest BCUT2D eigenvalue weighted by molar-refractivity contribution is -0.143. The summed E-state index contributed by atoms with van der Waals surface area (Å²) in [6, 6.07) is 7.43. The summed E-state index contributed by atoms with van der Waals surface area (Å²) in [7, 11) is 1.62. The molecule has 3 rings (SSSR count). The van der Waals surface area contributed by atoms with Gasteiger partial charge in [0.05, 0.1) is 32.3 Å². The molecule has 2 atom stereocenters. The molecular formula is C21H31N3O4. The van der Waals surface area contributed by atoms with E-state index in [9.17, 15) is 9.59 Å². The van der Waals surface area contributed by atoms with E-state index in [4.69, 9.17) is 9.47 Å². The second kappa shape index (κ2) is 9.89. The Morgan fingerprint density at radius 1 is 1.32 bits per heavy atom. The van der Waals surface area contributed by atoms with Gasteiger partial charge in [-0.1, -0.05) is 12.1 Å². The summed E-state index contributed by atoms with van der Waals surface area (Å²) in [6.07, 6.45) is 0.983. The Balaban J connectivity index is 1.70. The van der Waals surface area contributed by atoms with Gasteiger partial charge >= 0.3 is 0 Å². The summed E-state index contributed by atoms with van der Waals surface area (Å²) in [5.74, 6) is 0.604. The van der Waals surface area contributed by atoms with Gasteiger partial charge in [-0.15, -0.1) is 0 Å². The number of piperidine rings is 1. The number of ether oxygens (including phenoxy) is 2. The van der Waals surface area contributed by atoms with Gasteiger partial charge in [0.2, 0.25) is 11.8 Å². The first-order chi connectivity index (χ1) is 13.6. The second-order valence-corrected chi connectivity index (χ2v) is 7.29. The van der Waals surface area contributed by atoms with Crippen molar-refractivity contribution in [3.05, 3.63) is 29.8 Å². The molecule has 2 fully saturated rings. The number of carbonyl (C=O) groups excluding carboxylic acids is 2. The molecule has 2 aliphatic rings. The number of amides is 2. The van der Waals surface area contributed by atoms with Crippen LogP contribution in [0.2, 0.25) is 0 Å². The Morgan fingerprint density at radius 2 is 2.11 bits per heavy atom. The van der Waals surface area contributed by atoms with Crippen LogP contribution in [0, 0.1) is 5.92 Å². The van der Waals surface area contributed by atoms with Crippen LogP contribution in [-0.4, -0.2) is 74.7 Å². The van der Waals surface area contributed by atoms with Crippen LogP contribution >= 0.6 is 0 Å². The van der Waals surface area contributed by atoms with Crippen LogP contribution < -0.4 is 10.1 Å². The molecule has 0 spiro atoms.